The summed E-state index contributed by atoms with van der Waals surface area (Å²) in [5.41, 5.74) is 0. The standard InChI is InChI=1S/C11H20N2O2/c1-7(2)5-9(4)13-6-8(3)10(14)12-11(13)15/h7-9H,5-6H2,1-4H3,(H,12,14,15). The molecule has 3 amide bonds. The Morgan fingerprint density at radius 2 is 2.00 bits per heavy atom. The van der Waals surface area contributed by atoms with Crippen LogP contribution in [0.2, 0.25) is 0 Å². The van der Waals surface area contributed by atoms with Gasteiger partial charge in [-0.05, 0) is 19.3 Å². The monoisotopic (exact) mass is 212 g/mol. The molecule has 1 saturated heterocycles. The zero-order chi connectivity index (χ0) is 11.6. The highest BCUT2D eigenvalue weighted by Crippen LogP contribution is 2.16. The first-order valence-electron chi connectivity index (χ1n) is 5.53. The molecule has 0 aromatic rings. The minimum atomic E-state index is -0.244. The molecule has 0 aromatic heterocycles. The second-order valence-electron chi connectivity index (χ2n) is 4.83. The van der Waals surface area contributed by atoms with E-state index in [0.717, 1.165) is 6.42 Å². The minimum Gasteiger partial charge on any atom is -0.321 e. The molecular weight excluding hydrogens is 192 g/mol. The van der Waals surface area contributed by atoms with Crippen molar-refractivity contribution in [3.8, 4) is 0 Å². The van der Waals surface area contributed by atoms with Gasteiger partial charge in [-0.3, -0.25) is 10.1 Å². The van der Waals surface area contributed by atoms with Gasteiger partial charge >= 0.3 is 6.03 Å². The zero-order valence-corrected chi connectivity index (χ0v) is 9.91. The number of nitrogens with zero attached hydrogens (tertiary/aromatic N) is 1. The Balaban J connectivity index is 2.61. The van der Waals surface area contributed by atoms with E-state index in [1.165, 1.54) is 0 Å². The number of carbonyl (C=O) groups is 2. The number of rotatable bonds is 3. The summed E-state index contributed by atoms with van der Waals surface area (Å²) in [4.78, 5) is 24.6. The third-order valence-corrected chi connectivity index (χ3v) is 2.75. The first kappa shape index (κ1) is 12.0. The van der Waals surface area contributed by atoms with Gasteiger partial charge in [-0.25, -0.2) is 4.79 Å². The van der Waals surface area contributed by atoms with Crippen molar-refractivity contribution >= 4 is 11.9 Å². The second-order valence-corrected chi connectivity index (χ2v) is 4.83. The summed E-state index contributed by atoms with van der Waals surface area (Å²) >= 11 is 0. The van der Waals surface area contributed by atoms with Crippen molar-refractivity contribution in [3.05, 3.63) is 0 Å². The molecule has 1 aliphatic heterocycles. The number of imide groups is 1. The van der Waals surface area contributed by atoms with E-state index in [2.05, 4.69) is 19.2 Å². The SMILES string of the molecule is CC(C)CC(C)N1CC(C)C(=O)NC1=O. The van der Waals surface area contributed by atoms with E-state index in [0.29, 0.717) is 12.5 Å². The molecule has 0 bridgehead atoms. The quantitative estimate of drug-likeness (QED) is 0.772. The number of nitrogens with one attached hydrogen (secondary N) is 1. The molecule has 0 aliphatic carbocycles. The topological polar surface area (TPSA) is 49.4 Å². The summed E-state index contributed by atoms with van der Waals surface area (Å²) in [6, 6.07) is -0.0493. The maximum Gasteiger partial charge on any atom is 0.324 e. The van der Waals surface area contributed by atoms with Gasteiger partial charge in [0.25, 0.3) is 0 Å². The predicted molar refractivity (Wildman–Crippen MR) is 58.3 cm³/mol. The van der Waals surface area contributed by atoms with Crippen LogP contribution < -0.4 is 5.32 Å². The van der Waals surface area contributed by atoms with E-state index < -0.39 is 0 Å². The molecule has 1 fully saturated rings. The van der Waals surface area contributed by atoms with Crippen LogP contribution in [-0.4, -0.2) is 29.4 Å². The summed E-state index contributed by atoms with van der Waals surface area (Å²) in [5, 5.41) is 2.38. The fourth-order valence-corrected chi connectivity index (χ4v) is 1.95. The summed E-state index contributed by atoms with van der Waals surface area (Å²) in [6.07, 6.45) is 0.967. The Morgan fingerprint density at radius 1 is 1.40 bits per heavy atom. The Hall–Kier alpha value is -1.06. The van der Waals surface area contributed by atoms with Crippen LogP contribution in [0.25, 0.3) is 0 Å². The maximum atomic E-state index is 11.6. The molecule has 1 rings (SSSR count). The van der Waals surface area contributed by atoms with Crippen molar-refractivity contribution < 1.29 is 9.59 Å². The van der Waals surface area contributed by atoms with Gasteiger partial charge in [-0.2, -0.15) is 0 Å². The van der Waals surface area contributed by atoms with Crippen molar-refractivity contribution in [2.24, 2.45) is 11.8 Å². The average molecular weight is 212 g/mol. The fraction of sp³-hybridized carbons (Fsp3) is 0.818. The molecule has 0 radical (unpaired) electrons. The molecule has 2 unspecified atom stereocenters. The fourth-order valence-electron chi connectivity index (χ4n) is 1.95. The Morgan fingerprint density at radius 3 is 2.53 bits per heavy atom. The van der Waals surface area contributed by atoms with E-state index in [4.69, 9.17) is 0 Å². The van der Waals surface area contributed by atoms with Gasteiger partial charge in [-0.15, -0.1) is 0 Å². The first-order valence-corrected chi connectivity index (χ1v) is 5.53. The normalized spacial score (nSPS) is 24.3. The van der Waals surface area contributed by atoms with E-state index in [1.54, 1.807) is 4.90 Å². The van der Waals surface area contributed by atoms with Crippen molar-refractivity contribution in [2.75, 3.05) is 6.54 Å². The molecule has 15 heavy (non-hydrogen) atoms. The van der Waals surface area contributed by atoms with Crippen molar-refractivity contribution in [3.63, 3.8) is 0 Å². The largest absolute Gasteiger partial charge is 0.324 e. The van der Waals surface area contributed by atoms with Gasteiger partial charge in [0.2, 0.25) is 5.91 Å². The van der Waals surface area contributed by atoms with Crippen LogP contribution in [0.15, 0.2) is 0 Å². The highest BCUT2D eigenvalue weighted by molar-refractivity contribution is 5.97. The molecule has 0 saturated carbocycles. The van der Waals surface area contributed by atoms with Gasteiger partial charge in [0.15, 0.2) is 0 Å². The van der Waals surface area contributed by atoms with Gasteiger partial charge in [0, 0.05) is 12.6 Å². The molecule has 1 aliphatic rings. The number of amides is 3. The number of urea groups is 1. The Kier molecular flexibility index (Phi) is 3.72. The van der Waals surface area contributed by atoms with E-state index in [-0.39, 0.29) is 23.9 Å². The van der Waals surface area contributed by atoms with Gasteiger partial charge < -0.3 is 4.90 Å². The lowest BCUT2D eigenvalue weighted by molar-refractivity contribution is -0.125. The first-order chi connectivity index (χ1) is 6.91. The highest BCUT2D eigenvalue weighted by atomic mass is 16.2. The number of hydrogen-bond donors (Lipinski definition) is 1. The molecule has 4 heteroatoms. The van der Waals surface area contributed by atoms with Crippen molar-refractivity contribution in [1.82, 2.24) is 10.2 Å². The van der Waals surface area contributed by atoms with Crippen LogP contribution in [0.1, 0.15) is 34.1 Å². The smallest absolute Gasteiger partial charge is 0.321 e. The summed E-state index contributed by atoms with van der Waals surface area (Å²) in [6.45, 7) is 8.68. The third kappa shape index (κ3) is 2.94. The molecule has 1 heterocycles. The van der Waals surface area contributed by atoms with Crippen LogP contribution in [0.4, 0.5) is 4.79 Å². The summed E-state index contributed by atoms with van der Waals surface area (Å²) in [7, 11) is 0. The van der Waals surface area contributed by atoms with Crippen LogP contribution >= 0.6 is 0 Å². The lowest BCUT2D eigenvalue weighted by Gasteiger charge is -2.35. The van der Waals surface area contributed by atoms with Crippen LogP contribution in [-0.2, 0) is 4.79 Å². The highest BCUT2D eigenvalue weighted by Gasteiger charge is 2.31. The van der Waals surface area contributed by atoms with E-state index in [1.807, 2.05) is 13.8 Å². The van der Waals surface area contributed by atoms with E-state index >= 15 is 0 Å². The molecule has 4 nitrogen and oxygen atoms in total. The van der Waals surface area contributed by atoms with Crippen LogP contribution in [0, 0.1) is 11.8 Å². The van der Waals surface area contributed by atoms with E-state index in [9.17, 15) is 9.59 Å². The predicted octanol–water partition coefficient (Wildman–Crippen LogP) is 1.61. The van der Waals surface area contributed by atoms with Crippen molar-refractivity contribution in [1.29, 1.82) is 0 Å². The summed E-state index contributed by atoms with van der Waals surface area (Å²) < 4.78 is 0. The zero-order valence-electron chi connectivity index (χ0n) is 9.91. The second kappa shape index (κ2) is 4.64. The van der Waals surface area contributed by atoms with Crippen LogP contribution in [0.5, 0.6) is 0 Å². The lowest BCUT2D eigenvalue weighted by atomic mass is 10.0. The molecule has 86 valence electrons. The Labute approximate surface area is 91.0 Å². The third-order valence-electron chi connectivity index (χ3n) is 2.75. The number of carbonyl (C=O) groups excluding carboxylic acids is 2. The summed E-state index contributed by atoms with van der Waals surface area (Å²) in [5.74, 6) is 0.297. The molecular formula is C11H20N2O2. The van der Waals surface area contributed by atoms with Gasteiger partial charge in [0.05, 0.1) is 5.92 Å². The Bertz CT molecular complexity index is 263. The number of hydrogen-bond acceptors (Lipinski definition) is 2. The molecule has 0 aromatic carbocycles. The van der Waals surface area contributed by atoms with Crippen molar-refractivity contribution in [2.45, 2.75) is 40.2 Å². The van der Waals surface area contributed by atoms with Gasteiger partial charge in [0.1, 0.15) is 0 Å². The molecule has 0 spiro atoms. The van der Waals surface area contributed by atoms with Crippen LogP contribution in [0.3, 0.4) is 0 Å². The lowest BCUT2D eigenvalue weighted by Crippen LogP contribution is -2.56. The minimum absolute atomic E-state index is 0.0997. The van der Waals surface area contributed by atoms with Gasteiger partial charge in [-0.1, -0.05) is 20.8 Å². The maximum absolute atomic E-state index is 11.6. The molecule has 1 N–H and O–H groups in total. The average Bonchev–Trinajstić information content (AvgIpc) is 2.09. The molecule has 2 atom stereocenters.